The highest BCUT2D eigenvalue weighted by Crippen LogP contribution is 2.37. The summed E-state index contributed by atoms with van der Waals surface area (Å²) < 4.78 is 23.4. The third-order valence-electron chi connectivity index (χ3n) is 4.37. The molecule has 0 saturated heterocycles. The van der Waals surface area contributed by atoms with Crippen LogP contribution in [0.5, 0.6) is 0 Å². The summed E-state index contributed by atoms with van der Waals surface area (Å²) in [4.78, 5) is 0.147. The summed E-state index contributed by atoms with van der Waals surface area (Å²) in [6.45, 7) is 0.757. The number of para-hydroxylation sites is 1. The first-order valence-electron chi connectivity index (χ1n) is 7.31. The highest BCUT2D eigenvalue weighted by atomic mass is 32.2. The maximum Gasteiger partial charge on any atom is 0.177 e. The molecule has 5 nitrogen and oxygen atoms in total. The van der Waals surface area contributed by atoms with E-state index in [0.29, 0.717) is 12.2 Å². The second-order valence-corrected chi connectivity index (χ2v) is 8.05. The van der Waals surface area contributed by atoms with Crippen LogP contribution in [-0.2, 0) is 9.84 Å². The summed E-state index contributed by atoms with van der Waals surface area (Å²) in [7, 11) is -3.33. The van der Waals surface area contributed by atoms with Gasteiger partial charge < -0.3 is 16.2 Å². The lowest BCUT2D eigenvalue weighted by Crippen LogP contribution is -2.35. The average molecular weight is 312 g/mol. The van der Waals surface area contributed by atoms with Crippen LogP contribution >= 0.6 is 0 Å². The molecule has 4 N–H and O–H groups in total. The second kappa shape index (κ2) is 6.23. The van der Waals surface area contributed by atoms with E-state index in [1.54, 1.807) is 12.1 Å². The first-order valence-corrected chi connectivity index (χ1v) is 9.20. The van der Waals surface area contributed by atoms with Gasteiger partial charge in [0.1, 0.15) is 0 Å². The van der Waals surface area contributed by atoms with Crippen molar-refractivity contribution >= 4 is 21.2 Å². The number of anilines is 2. The lowest BCUT2D eigenvalue weighted by atomic mass is 9.74. The predicted octanol–water partition coefficient (Wildman–Crippen LogP) is 2.03. The summed E-state index contributed by atoms with van der Waals surface area (Å²) in [5.74, 6) is 0. The molecule has 0 aliphatic heterocycles. The number of rotatable bonds is 5. The topological polar surface area (TPSA) is 92.4 Å². The van der Waals surface area contributed by atoms with Gasteiger partial charge in [-0.15, -0.1) is 0 Å². The number of aliphatic hydroxyl groups is 1. The van der Waals surface area contributed by atoms with E-state index < -0.39 is 9.84 Å². The second-order valence-electron chi connectivity index (χ2n) is 6.06. The normalized spacial score (nSPS) is 18.4. The van der Waals surface area contributed by atoms with Gasteiger partial charge in [0.15, 0.2) is 9.84 Å². The largest absolute Gasteiger partial charge is 0.396 e. The molecule has 0 amide bonds. The van der Waals surface area contributed by atoms with Gasteiger partial charge in [0.2, 0.25) is 0 Å². The van der Waals surface area contributed by atoms with E-state index in [4.69, 9.17) is 5.73 Å². The number of sulfone groups is 1. The Bertz CT molecular complexity index is 593. The minimum Gasteiger partial charge on any atom is -0.396 e. The van der Waals surface area contributed by atoms with E-state index in [2.05, 4.69) is 5.32 Å². The zero-order chi connectivity index (χ0) is 15.5. The van der Waals surface area contributed by atoms with Crippen LogP contribution in [0.2, 0.25) is 0 Å². The van der Waals surface area contributed by atoms with Gasteiger partial charge in [-0.3, -0.25) is 0 Å². The van der Waals surface area contributed by atoms with Gasteiger partial charge in [-0.2, -0.15) is 0 Å². The lowest BCUT2D eigenvalue weighted by molar-refractivity contribution is 0.0944. The van der Waals surface area contributed by atoms with Crippen LogP contribution in [0.15, 0.2) is 23.1 Å². The van der Waals surface area contributed by atoms with E-state index in [0.717, 1.165) is 31.9 Å². The summed E-state index contributed by atoms with van der Waals surface area (Å²) >= 11 is 0. The molecule has 118 valence electrons. The van der Waals surface area contributed by atoms with Crippen molar-refractivity contribution in [2.45, 2.75) is 37.0 Å². The molecule has 1 aromatic rings. The molecule has 2 rings (SSSR count). The SMILES string of the molecule is CS(=O)(=O)c1cccc(NCC2(CO)CCCCC2)c1N. The molecule has 0 heterocycles. The van der Waals surface area contributed by atoms with Crippen molar-refractivity contribution in [3.05, 3.63) is 18.2 Å². The van der Waals surface area contributed by atoms with E-state index in [-0.39, 0.29) is 22.6 Å². The Balaban J connectivity index is 2.17. The number of benzene rings is 1. The van der Waals surface area contributed by atoms with Gasteiger partial charge in [0.25, 0.3) is 0 Å². The molecule has 0 bridgehead atoms. The molecule has 0 radical (unpaired) electrons. The Morgan fingerprint density at radius 2 is 1.95 bits per heavy atom. The van der Waals surface area contributed by atoms with Gasteiger partial charge >= 0.3 is 0 Å². The summed E-state index contributed by atoms with van der Waals surface area (Å²) in [6.07, 6.45) is 6.60. The molecule has 0 unspecified atom stereocenters. The van der Waals surface area contributed by atoms with E-state index in [9.17, 15) is 13.5 Å². The number of nitrogens with one attached hydrogen (secondary N) is 1. The standard InChI is InChI=1S/C15H24N2O3S/c1-21(19,20)13-7-5-6-12(14(13)16)17-10-15(11-18)8-3-2-4-9-15/h5-7,17-18H,2-4,8-11,16H2,1H3. The smallest absolute Gasteiger partial charge is 0.177 e. The van der Waals surface area contributed by atoms with Gasteiger partial charge in [-0.05, 0) is 25.0 Å². The summed E-state index contributed by atoms with van der Waals surface area (Å²) in [5, 5.41) is 12.9. The Morgan fingerprint density at radius 1 is 1.29 bits per heavy atom. The molecule has 0 atom stereocenters. The predicted molar refractivity (Wildman–Crippen MR) is 85.1 cm³/mol. The molecular weight excluding hydrogens is 288 g/mol. The molecule has 1 saturated carbocycles. The average Bonchev–Trinajstić information content (AvgIpc) is 2.46. The molecule has 21 heavy (non-hydrogen) atoms. The van der Waals surface area contributed by atoms with E-state index >= 15 is 0 Å². The molecule has 0 aromatic heterocycles. The highest BCUT2D eigenvalue weighted by molar-refractivity contribution is 7.90. The Morgan fingerprint density at radius 3 is 2.52 bits per heavy atom. The van der Waals surface area contributed by atoms with Gasteiger partial charge in [-0.25, -0.2) is 8.42 Å². The Hall–Kier alpha value is -1.27. The minimum atomic E-state index is -3.33. The van der Waals surface area contributed by atoms with Crippen LogP contribution in [0.25, 0.3) is 0 Å². The third-order valence-corrected chi connectivity index (χ3v) is 5.52. The Labute approximate surface area is 126 Å². The van der Waals surface area contributed by atoms with Crippen molar-refractivity contribution in [1.29, 1.82) is 0 Å². The van der Waals surface area contributed by atoms with Crippen LogP contribution < -0.4 is 11.1 Å². The van der Waals surface area contributed by atoms with Crippen LogP contribution in [-0.4, -0.2) is 32.9 Å². The fourth-order valence-electron chi connectivity index (χ4n) is 3.00. The van der Waals surface area contributed by atoms with Gasteiger partial charge in [0.05, 0.1) is 22.9 Å². The zero-order valence-corrected chi connectivity index (χ0v) is 13.2. The van der Waals surface area contributed by atoms with E-state index in [1.807, 2.05) is 0 Å². The Kier molecular flexibility index (Phi) is 4.78. The fourth-order valence-corrected chi connectivity index (χ4v) is 3.83. The molecule has 1 aliphatic carbocycles. The van der Waals surface area contributed by atoms with Gasteiger partial charge in [-0.1, -0.05) is 25.3 Å². The number of nitrogens with two attached hydrogens (primary N) is 1. The molecule has 1 aliphatic rings. The number of hydrogen-bond donors (Lipinski definition) is 3. The number of hydrogen-bond acceptors (Lipinski definition) is 5. The minimum absolute atomic E-state index is 0.119. The summed E-state index contributed by atoms with van der Waals surface area (Å²) in [5.41, 5.74) is 6.72. The van der Waals surface area contributed by atoms with Crippen molar-refractivity contribution in [3.8, 4) is 0 Å². The molecule has 6 heteroatoms. The molecule has 1 fully saturated rings. The monoisotopic (exact) mass is 312 g/mol. The van der Waals surface area contributed by atoms with Crippen LogP contribution in [0, 0.1) is 5.41 Å². The quantitative estimate of drug-likeness (QED) is 0.723. The maximum absolute atomic E-state index is 11.7. The van der Waals surface area contributed by atoms with Crippen molar-refractivity contribution in [2.75, 3.05) is 30.5 Å². The number of aliphatic hydroxyl groups excluding tert-OH is 1. The first kappa shape index (κ1) is 16.1. The molecule has 1 aromatic carbocycles. The van der Waals surface area contributed by atoms with Crippen molar-refractivity contribution in [3.63, 3.8) is 0 Å². The van der Waals surface area contributed by atoms with Crippen LogP contribution in [0.4, 0.5) is 11.4 Å². The van der Waals surface area contributed by atoms with Crippen LogP contribution in [0.3, 0.4) is 0 Å². The van der Waals surface area contributed by atoms with Gasteiger partial charge in [0, 0.05) is 18.2 Å². The molecular formula is C15H24N2O3S. The van der Waals surface area contributed by atoms with Crippen molar-refractivity contribution < 1.29 is 13.5 Å². The van der Waals surface area contributed by atoms with Crippen molar-refractivity contribution in [1.82, 2.24) is 0 Å². The first-order chi connectivity index (χ1) is 9.88. The molecule has 0 spiro atoms. The van der Waals surface area contributed by atoms with Crippen LogP contribution in [0.1, 0.15) is 32.1 Å². The fraction of sp³-hybridized carbons (Fsp3) is 0.600. The highest BCUT2D eigenvalue weighted by Gasteiger charge is 2.31. The zero-order valence-electron chi connectivity index (χ0n) is 12.4. The lowest BCUT2D eigenvalue weighted by Gasteiger charge is -2.36. The van der Waals surface area contributed by atoms with E-state index in [1.165, 1.54) is 12.5 Å². The third kappa shape index (κ3) is 3.68. The maximum atomic E-state index is 11.7. The number of nitrogen functional groups attached to an aromatic ring is 1. The summed E-state index contributed by atoms with van der Waals surface area (Å²) in [6, 6.07) is 4.97. The van der Waals surface area contributed by atoms with Crippen molar-refractivity contribution in [2.24, 2.45) is 5.41 Å².